The van der Waals surface area contributed by atoms with E-state index >= 15 is 0 Å². The summed E-state index contributed by atoms with van der Waals surface area (Å²) in [6, 6.07) is 4.40. The Bertz CT molecular complexity index is 779. The first-order chi connectivity index (χ1) is 12.6. The van der Waals surface area contributed by atoms with Crippen molar-refractivity contribution < 1.29 is 13.2 Å². The van der Waals surface area contributed by atoms with Crippen LogP contribution in [-0.2, 0) is 6.54 Å². The second-order valence-corrected chi connectivity index (χ2v) is 6.54. The van der Waals surface area contributed by atoms with Crippen LogP contribution in [0.1, 0.15) is 47.7 Å². The van der Waals surface area contributed by atoms with Gasteiger partial charge in [-0.25, -0.2) is 0 Å². The number of aromatic nitrogens is 1. The van der Waals surface area contributed by atoms with Crippen LogP contribution in [0.25, 0.3) is 6.08 Å². The highest BCUT2D eigenvalue weighted by Gasteiger charge is 2.39. The average Bonchev–Trinajstić information content (AvgIpc) is 2.60. The fourth-order valence-electron chi connectivity index (χ4n) is 2.36. The van der Waals surface area contributed by atoms with Gasteiger partial charge in [0.1, 0.15) is 0 Å². The third-order valence-corrected chi connectivity index (χ3v) is 4.67. The first kappa shape index (κ1) is 23.5. The van der Waals surface area contributed by atoms with Crippen molar-refractivity contribution in [3.63, 3.8) is 0 Å². The van der Waals surface area contributed by atoms with Gasteiger partial charge in [-0.15, -0.1) is 0 Å². The van der Waals surface area contributed by atoms with E-state index in [1.54, 1.807) is 13.8 Å². The average molecular weight is 419 g/mol. The predicted octanol–water partition coefficient (Wildman–Crippen LogP) is 6.85. The van der Waals surface area contributed by atoms with Crippen molar-refractivity contribution in [2.24, 2.45) is 5.73 Å². The van der Waals surface area contributed by atoms with Crippen molar-refractivity contribution in [2.75, 3.05) is 0 Å². The minimum absolute atomic E-state index is 0.0921. The Labute approximate surface area is 168 Å². The van der Waals surface area contributed by atoms with E-state index in [1.165, 1.54) is 30.5 Å². The molecule has 2 rings (SSSR count). The van der Waals surface area contributed by atoms with Crippen LogP contribution < -0.4 is 5.73 Å². The zero-order valence-corrected chi connectivity index (χ0v) is 17.2. The molecule has 0 saturated heterocycles. The standard InChI is InChI=1S/C18H17Cl2F3N2.C2H6/c1-10-5-13(7-15(19)11(10)2)14(18(21,22)23)4-3-12-6-16(20)17(8-24)25-9-12;1-2/h3-7,9,14H,8,24H2,1-2H3;1-2H3/b4-3+;. The number of alkyl halides is 3. The van der Waals surface area contributed by atoms with Gasteiger partial charge in [0.15, 0.2) is 0 Å². The molecule has 0 saturated carbocycles. The van der Waals surface area contributed by atoms with Crippen LogP contribution in [0.4, 0.5) is 13.2 Å². The van der Waals surface area contributed by atoms with Gasteiger partial charge in [0.2, 0.25) is 0 Å². The Balaban J connectivity index is 0.00000176. The van der Waals surface area contributed by atoms with Gasteiger partial charge in [0.05, 0.1) is 16.6 Å². The summed E-state index contributed by atoms with van der Waals surface area (Å²) in [5.74, 6) is -1.78. The van der Waals surface area contributed by atoms with Crippen LogP contribution in [0.15, 0.2) is 30.5 Å². The number of aryl methyl sites for hydroxylation is 1. The monoisotopic (exact) mass is 418 g/mol. The molecule has 148 valence electrons. The van der Waals surface area contributed by atoms with E-state index in [0.29, 0.717) is 26.9 Å². The zero-order valence-electron chi connectivity index (χ0n) is 15.7. The highest BCUT2D eigenvalue weighted by Crippen LogP contribution is 2.38. The van der Waals surface area contributed by atoms with Crippen LogP contribution in [0.5, 0.6) is 0 Å². The van der Waals surface area contributed by atoms with E-state index in [9.17, 15) is 13.2 Å². The number of halogens is 5. The second kappa shape index (κ2) is 10.1. The van der Waals surface area contributed by atoms with Crippen LogP contribution in [0, 0.1) is 13.8 Å². The number of nitrogens with two attached hydrogens (primary N) is 1. The Kier molecular flexibility index (Phi) is 8.79. The lowest BCUT2D eigenvalue weighted by Crippen LogP contribution is -2.19. The quantitative estimate of drug-likeness (QED) is 0.589. The summed E-state index contributed by atoms with van der Waals surface area (Å²) in [6.45, 7) is 7.67. The molecule has 7 heteroatoms. The van der Waals surface area contributed by atoms with Crippen molar-refractivity contribution in [1.82, 2.24) is 4.98 Å². The van der Waals surface area contributed by atoms with Gasteiger partial charge in [-0.2, -0.15) is 13.2 Å². The third kappa shape index (κ3) is 6.23. The number of rotatable bonds is 4. The predicted molar refractivity (Wildman–Crippen MR) is 107 cm³/mol. The summed E-state index contributed by atoms with van der Waals surface area (Å²) in [4.78, 5) is 4.04. The fraction of sp³-hybridized carbons (Fsp3) is 0.350. The minimum atomic E-state index is -4.45. The molecule has 0 aliphatic heterocycles. The van der Waals surface area contributed by atoms with Gasteiger partial charge < -0.3 is 5.73 Å². The van der Waals surface area contributed by atoms with Crippen LogP contribution >= 0.6 is 23.2 Å². The molecule has 0 aliphatic rings. The second-order valence-electron chi connectivity index (χ2n) is 5.72. The van der Waals surface area contributed by atoms with Gasteiger partial charge in [0.25, 0.3) is 0 Å². The molecule has 1 atom stereocenters. The number of hydrogen-bond acceptors (Lipinski definition) is 2. The third-order valence-electron chi connectivity index (χ3n) is 3.95. The molecule has 1 heterocycles. The first-order valence-electron chi connectivity index (χ1n) is 8.49. The highest BCUT2D eigenvalue weighted by atomic mass is 35.5. The van der Waals surface area contributed by atoms with E-state index < -0.39 is 12.1 Å². The molecule has 0 bridgehead atoms. The molecule has 0 aliphatic carbocycles. The van der Waals surface area contributed by atoms with Gasteiger partial charge in [0, 0.05) is 17.8 Å². The van der Waals surface area contributed by atoms with Gasteiger partial charge in [-0.3, -0.25) is 4.98 Å². The number of pyridine rings is 1. The summed E-state index contributed by atoms with van der Waals surface area (Å²) in [5.41, 5.74) is 8.00. The largest absolute Gasteiger partial charge is 0.399 e. The first-order valence-corrected chi connectivity index (χ1v) is 9.25. The number of hydrogen-bond donors (Lipinski definition) is 1. The molecular weight excluding hydrogens is 396 g/mol. The molecule has 1 aromatic carbocycles. The maximum Gasteiger partial charge on any atom is 0.399 e. The molecular formula is C20H23Cl2F3N2. The van der Waals surface area contributed by atoms with Gasteiger partial charge >= 0.3 is 6.18 Å². The lowest BCUT2D eigenvalue weighted by Gasteiger charge is -2.19. The van der Waals surface area contributed by atoms with E-state index in [-0.39, 0.29) is 12.1 Å². The molecule has 0 fully saturated rings. The Morgan fingerprint density at radius 3 is 2.22 bits per heavy atom. The molecule has 27 heavy (non-hydrogen) atoms. The van der Waals surface area contributed by atoms with Crippen molar-refractivity contribution in [1.29, 1.82) is 0 Å². The lowest BCUT2D eigenvalue weighted by molar-refractivity contribution is -0.139. The molecule has 1 unspecified atom stereocenters. The Morgan fingerprint density at radius 1 is 1.11 bits per heavy atom. The molecule has 0 amide bonds. The van der Waals surface area contributed by atoms with E-state index in [0.717, 1.165) is 11.6 Å². The Morgan fingerprint density at radius 2 is 1.74 bits per heavy atom. The van der Waals surface area contributed by atoms with E-state index in [2.05, 4.69) is 4.98 Å². The SMILES string of the molecule is CC.Cc1cc(C(/C=C/c2cnc(CN)c(Cl)c2)C(F)(F)F)cc(Cl)c1C. The van der Waals surface area contributed by atoms with Crippen LogP contribution in [0.2, 0.25) is 10.0 Å². The summed E-state index contributed by atoms with van der Waals surface area (Å²) in [7, 11) is 0. The molecule has 2 nitrogen and oxygen atoms in total. The van der Waals surface area contributed by atoms with Crippen molar-refractivity contribution >= 4 is 29.3 Å². The minimum Gasteiger partial charge on any atom is -0.325 e. The molecule has 1 aromatic heterocycles. The molecule has 2 N–H and O–H groups in total. The maximum absolute atomic E-state index is 13.5. The summed E-state index contributed by atoms with van der Waals surface area (Å²) >= 11 is 12.0. The van der Waals surface area contributed by atoms with Crippen LogP contribution in [0.3, 0.4) is 0 Å². The number of allylic oxidation sites excluding steroid dienone is 1. The zero-order chi connectivity index (χ0) is 20.8. The molecule has 0 radical (unpaired) electrons. The van der Waals surface area contributed by atoms with Gasteiger partial charge in [-0.05, 0) is 48.2 Å². The van der Waals surface area contributed by atoms with E-state index in [4.69, 9.17) is 28.9 Å². The van der Waals surface area contributed by atoms with Gasteiger partial charge in [-0.1, -0.05) is 55.3 Å². The summed E-state index contributed by atoms with van der Waals surface area (Å²) in [6.07, 6.45) is -0.586. The van der Waals surface area contributed by atoms with Crippen molar-refractivity contribution in [3.05, 3.63) is 68.5 Å². The maximum atomic E-state index is 13.5. The topological polar surface area (TPSA) is 38.9 Å². The fourth-order valence-corrected chi connectivity index (χ4v) is 2.89. The van der Waals surface area contributed by atoms with Crippen LogP contribution in [-0.4, -0.2) is 11.2 Å². The normalized spacial score (nSPS) is 12.7. The van der Waals surface area contributed by atoms with E-state index in [1.807, 2.05) is 13.8 Å². The summed E-state index contributed by atoms with van der Waals surface area (Å²) in [5, 5.41) is 0.636. The molecule has 2 aromatic rings. The number of benzene rings is 1. The molecule has 0 spiro atoms. The smallest absolute Gasteiger partial charge is 0.325 e. The van der Waals surface area contributed by atoms with Crippen molar-refractivity contribution in [3.8, 4) is 0 Å². The lowest BCUT2D eigenvalue weighted by atomic mass is 9.94. The summed E-state index contributed by atoms with van der Waals surface area (Å²) < 4.78 is 40.6. The Hall–Kier alpha value is -1.56. The van der Waals surface area contributed by atoms with Crippen molar-refractivity contribution in [2.45, 2.75) is 46.3 Å². The highest BCUT2D eigenvalue weighted by molar-refractivity contribution is 6.31. The number of nitrogens with zero attached hydrogens (tertiary/aromatic N) is 1.